The van der Waals surface area contributed by atoms with E-state index < -0.39 is 11.7 Å². The number of rotatable bonds is 2. The highest BCUT2D eigenvalue weighted by Crippen LogP contribution is 2.30. The van der Waals surface area contributed by atoms with Crippen LogP contribution in [0.25, 0.3) is 0 Å². The molecule has 0 aliphatic carbocycles. The Labute approximate surface area is 129 Å². The van der Waals surface area contributed by atoms with Gasteiger partial charge in [0.05, 0.1) is 22.9 Å². The van der Waals surface area contributed by atoms with Gasteiger partial charge in [-0.1, -0.05) is 23.7 Å². The summed E-state index contributed by atoms with van der Waals surface area (Å²) in [6.45, 7) is 0.496. The molecule has 0 amide bonds. The molecule has 1 aromatic heterocycles. The lowest BCUT2D eigenvalue weighted by Gasteiger charge is -2.13. The third-order valence-electron chi connectivity index (χ3n) is 3.44. The Morgan fingerprint density at radius 2 is 1.82 bits per heavy atom. The molecule has 0 spiro atoms. The van der Waals surface area contributed by atoms with Gasteiger partial charge >= 0.3 is 6.18 Å². The van der Waals surface area contributed by atoms with E-state index in [9.17, 15) is 13.2 Å². The Hall–Kier alpha value is -2.08. The molecule has 3 nitrogen and oxygen atoms in total. The molecule has 114 valence electrons. The van der Waals surface area contributed by atoms with Crippen molar-refractivity contribution in [3.63, 3.8) is 0 Å². The van der Waals surface area contributed by atoms with Gasteiger partial charge in [0.15, 0.2) is 0 Å². The number of halogens is 4. The third kappa shape index (κ3) is 2.92. The summed E-state index contributed by atoms with van der Waals surface area (Å²) in [4.78, 5) is 3.95. The van der Waals surface area contributed by atoms with E-state index in [0.29, 0.717) is 17.3 Å². The highest BCUT2D eigenvalue weighted by atomic mass is 35.5. The van der Waals surface area contributed by atoms with Gasteiger partial charge in [0, 0.05) is 17.8 Å². The maximum absolute atomic E-state index is 12.6. The number of hydrogen-bond acceptors (Lipinski definition) is 3. The second-order valence-corrected chi connectivity index (χ2v) is 5.32. The minimum atomic E-state index is -4.38. The first kappa shape index (κ1) is 14.8. The summed E-state index contributed by atoms with van der Waals surface area (Å²) in [6.07, 6.45) is -3.53. The van der Waals surface area contributed by atoms with E-state index in [-0.39, 0.29) is 5.92 Å². The molecule has 22 heavy (non-hydrogen) atoms. The summed E-state index contributed by atoms with van der Waals surface area (Å²) in [6, 6.07) is 9.58. The van der Waals surface area contributed by atoms with Crippen LogP contribution in [0.4, 0.5) is 13.2 Å². The monoisotopic (exact) mass is 325 g/mol. The van der Waals surface area contributed by atoms with Gasteiger partial charge in [-0.2, -0.15) is 18.3 Å². The van der Waals surface area contributed by atoms with Crippen LogP contribution in [-0.4, -0.2) is 17.2 Å². The molecule has 0 fully saturated rings. The van der Waals surface area contributed by atoms with Crippen molar-refractivity contribution in [2.45, 2.75) is 12.1 Å². The number of alkyl halides is 3. The second-order valence-electron chi connectivity index (χ2n) is 4.89. The normalized spacial score (nSPS) is 18.0. The second kappa shape index (κ2) is 5.61. The van der Waals surface area contributed by atoms with Gasteiger partial charge in [0.25, 0.3) is 0 Å². The van der Waals surface area contributed by atoms with Crippen molar-refractivity contribution in [3.05, 3.63) is 64.4 Å². The van der Waals surface area contributed by atoms with E-state index in [2.05, 4.69) is 15.5 Å². The van der Waals surface area contributed by atoms with E-state index >= 15 is 0 Å². The van der Waals surface area contributed by atoms with Crippen LogP contribution in [0.3, 0.4) is 0 Å². The van der Waals surface area contributed by atoms with Crippen LogP contribution in [0.2, 0.25) is 5.02 Å². The lowest BCUT2D eigenvalue weighted by Crippen LogP contribution is -2.16. The fraction of sp³-hybridized carbons (Fsp3) is 0.200. The molecule has 1 aromatic carbocycles. The van der Waals surface area contributed by atoms with Gasteiger partial charge < -0.3 is 5.43 Å². The number of pyridine rings is 1. The Kier molecular flexibility index (Phi) is 3.78. The van der Waals surface area contributed by atoms with Crippen molar-refractivity contribution in [2.75, 3.05) is 6.54 Å². The first-order chi connectivity index (χ1) is 10.4. The molecule has 3 rings (SSSR count). The van der Waals surface area contributed by atoms with E-state index in [4.69, 9.17) is 11.6 Å². The molecule has 1 aliphatic rings. The van der Waals surface area contributed by atoms with E-state index in [0.717, 1.165) is 23.5 Å². The predicted octanol–water partition coefficient (Wildman–Crippen LogP) is 3.84. The SMILES string of the molecule is FC(F)(F)c1ccc(C2CNN=C2c2ccc(Cl)cc2)nc1. The van der Waals surface area contributed by atoms with Crippen LogP contribution in [0, 0.1) is 0 Å². The maximum atomic E-state index is 12.6. The van der Waals surface area contributed by atoms with E-state index in [1.54, 1.807) is 12.1 Å². The molecule has 2 heterocycles. The summed E-state index contributed by atoms with van der Waals surface area (Å²) >= 11 is 5.86. The predicted molar refractivity (Wildman–Crippen MR) is 78.0 cm³/mol. The number of nitrogens with zero attached hydrogens (tertiary/aromatic N) is 2. The number of hydrazone groups is 1. The Balaban J connectivity index is 1.88. The molecular formula is C15H11ClF3N3. The van der Waals surface area contributed by atoms with Crippen LogP contribution in [0.1, 0.15) is 22.7 Å². The van der Waals surface area contributed by atoms with Crippen LogP contribution in [0.5, 0.6) is 0 Å². The Bertz CT molecular complexity index is 693. The zero-order chi connectivity index (χ0) is 15.7. The van der Waals surface area contributed by atoms with Crippen molar-refractivity contribution >= 4 is 17.3 Å². The Morgan fingerprint density at radius 1 is 1.09 bits per heavy atom. The fourth-order valence-corrected chi connectivity index (χ4v) is 2.43. The maximum Gasteiger partial charge on any atom is 0.417 e. The first-order valence-electron chi connectivity index (χ1n) is 6.54. The summed E-state index contributed by atoms with van der Waals surface area (Å²) in [5.41, 5.74) is 4.26. The number of hydrogen-bond donors (Lipinski definition) is 1. The minimum Gasteiger partial charge on any atom is -0.309 e. The quantitative estimate of drug-likeness (QED) is 0.910. The smallest absolute Gasteiger partial charge is 0.309 e. The molecule has 0 saturated carbocycles. The van der Waals surface area contributed by atoms with Crippen molar-refractivity contribution in [1.29, 1.82) is 0 Å². The van der Waals surface area contributed by atoms with Crippen molar-refractivity contribution in [1.82, 2.24) is 10.4 Å². The minimum absolute atomic E-state index is 0.191. The summed E-state index contributed by atoms with van der Waals surface area (Å²) in [7, 11) is 0. The van der Waals surface area contributed by atoms with Crippen molar-refractivity contribution < 1.29 is 13.2 Å². The lowest BCUT2D eigenvalue weighted by molar-refractivity contribution is -0.137. The molecule has 1 aliphatic heterocycles. The van der Waals surface area contributed by atoms with Gasteiger partial charge in [-0.25, -0.2) is 0 Å². The average Bonchev–Trinajstić information content (AvgIpc) is 2.97. The molecule has 0 bridgehead atoms. The van der Waals surface area contributed by atoms with E-state index in [1.165, 1.54) is 6.07 Å². The molecule has 0 radical (unpaired) electrons. The number of nitrogens with one attached hydrogen (secondary N) is 1. The standard InChI is InChI=1S/C15H11ClF3N3/c16-11-4-1-9(2-5-11)14-12(8-21-22-14)13-6-3-10(7-20-13)15(17,18)19/h1-7,12,21H,8H2. The zero-order valence-corrected chi connectivity index (χ0v) is 12.0. The van der Waals surface area contributed by atoms with Crippen molar-refractivity contribution in [3.8, 4) is 0 Å². The number of aromatic nitrogens is 1. The third-order valence-corrected chi connectivity index (χ3v) is 3.69. The highest BCUT2D eigenvalue weighted by Gasteiger charge is 2.32. The first-order valence-corrected chi connectivity index (χ1v) is 6.92. The molecule has 1 N–H and O–H groups in total. The summed E-state index contributed by atoms with van der Waals surface area (Å²) in [5.74, 6) is -0.191. The Morgan fingerprint density at radius 3 is 2.41 bits per heavy atom. The van der Waals surface area contributed by atoms with Crippen LogP contribution in [-0.2, 0) is 6.18 Å². The van der Waals surface area contributed by atoms with Crippen LogP contribution in [0.15, 0.2) is 47.7 Å². The van der Waals surface area contributed by atoms with E-state index in [1.807, 2.05) is 12.1 Å². The van der Waals surface area contributed by atoms with Crippen molar-refractivity contribution in [2.24, 2.45) is 5.10 Å². The lowest BCUT2D eigenvalue weighted by atomic mass is 9.94. The zero-order valence-electron chi connectivity index (χ0n) is 11.2. The molecule has 1 atom stereocenters. The summed E-state index contributed by atoms with van der Waals surface area (Å²) < 4.78 is 37.8. The molecule has 2 aromatic rings. The molecule has 1 unspecified atom stereocenters. The van der Waals surface area contributed by atoms with Crippen LogP contribution < -0.4 is 5.43 Å². The van der Waals surface area contributed by atoms with Gasteiger partial charge in [-0.3, -0.25) is 4.98 Å². The fourth-order valence-electron chi connectivity index (χ4n) is 2.31. The molecule has 0 saturated heterocycles. The largest absolute Gasteiger partial charge is 0.417 e. The van der Waals surface area contributed by atoms with Gasteiger partial charge in [0.1, 0.15) is 0 Å². The molecule has 7 heteroatoms. The van der Waals surface area contributed by atoms with Gasteiger partial charge in [-0.05, 0) is 29.8 Å². The summed E-state index contributed by atoms with van der Waals surface area (Å²) in [5, 5.41) is 4.84. The topological polar surface area (TPSA) is 37.3 Å². The molecular weight excluding hydrogens is 315 g/mol. The van der Waals surface area contributed by atoms with Gasteiger partial charge in [-0.15, -0.1) is 0 Å². The van der Waals surface area contributed by atoms with Gasteiger partial charge in [0.2, 0.25) is 0 Å². The average molecular weight is 326 g/mol. The van der Waals surface area contributed by atoms with Crippen LogP contribution >= 0.6 is 11.6 Å². The number of benzene rings is 1. The highest BCUT2D eigenvalue weighted by molar-refractivity contribution is 6.30.